The molecule has 0 unspecified atom stereocenters. The van der Waals surface area contributed by atoms with Gasteiger partial charge in [-0.2, -0.15) is 0 Å². The Bertz CT molecular complexity index is 1490. The van der Waals surface area contributed by atoms with Crippen LogP contribution >= 0.6 is 0 Å². The van der Waals surface area contributed by atoms with Gasteiger partial charge in [0.05, 0.1) is 37.6 Å². The van der Waals surface area contributed by atoms with Gasteiger partial charge >= 0.3 is 0 Å². The van der Waals surface area contributed by atoms with Crippen molar-refractivity contribution >= 4 is 0 Å². The van der Waals surface area contributed by atoms with Crippen LogP contribution in [0.5, 0.6) is 0 Å². The monoisotopic (exact) mass is 778 g/mol. The van der Waals surface area contributed by atoms with Gasteiger partial charge in [-0.1, -0.05) is 60.6 Å². The lowest BCUT2D eigenvalue weighted by atomic mass is 9.31. The second-order valence-electron chi connectivity index (χ2n) is 21.3. The Hall–Kier alpha value is -0.740. The Morgan fingerprint density at radius 1 is 0.727 bits per heavy atom. The first-order valence-corrected chi connectivity index (χ1v) is 21.3. The van der Waals surface area contributed by atoms with Gasteiger partial charge in [-0.05, 0) is 92.3 Å². The van der Waals surface area contributed by atoms with Crippen molar-refractivity contribution < 1.29 is 59.4 Å². The van der Waals surface area contributed by atoms with E-state index in [1.807, 2.05) is 0 Å². The van der Waals surface area contributed by atoms with Crippen LogP contribution in [0.2, 0.25) is 0 Å². The number of allylic oxidation sites excluding steroid dienone is 1. The van der Waals surface area contributed by atoms with Gasteiger partial charge in [0.25, 0.3) is 0 Å². The Kier molecular flexibility index (Phi) is 9.98. The van der Waals surface area contributed by atoms with Crippen molar-refractivity contribution in [1.29, 1.82) is 0 Å². The van der Waals surface area contributed by atoms with Crippen molar-refractivity contribution in [2.75, 3.05) is 19.8 Å². The maximum Gasteiger partial charge on any atom is 0.187 e. The molecular weight excluding hydrogens is 708 g/mol. The van der Waals surface area contributed by atoms with E-state index in [-0.39, 0.29) is 45.7 Å². The lowest BCUT2D eigenvalue weighted by molar-refractivity contribution is -0.367. The van der Waals surface area contributed by atoms with Crippen LogP contribution in [0, 0.1) is 56.2 Å². The first-order chi connectivity index (χ1) is 25.7. The summed E-state index contributed by atoms with van der Waals surface area (Å²) in [7, 11) is 0. The maximum atomic E-state index is 11.6. The van der Waals surface area contributed by atoms with Gasteiger partial charge in [-0.3, -0.25) is 0 Å². The molecule has 0 aromatic heterocycles. The van der Waals surface area contributed by atoms with Crippen LogP contribution in [0.4, 0.5) is 0 Å². The van der Waals surface area contributed by atoms with E-state index in [1.165, 1.54) is 19.3 Å². The number of rotatable bonds is 6. The molecule has 12 heteroatoms. The van der Waals surface area contributed by atoms with Crippen LogP contribution in [-0.4, -0.2) is 129 Å². The number of aliphatic hydroxyl groups is 7. The molecule has 0 aromatic rings. The summed E-state index contributed by atoms with van der Waals surface area (Å²) >= 11 is 0. The fourth-order valence-corrected chi connectivity index (χ4v) is 14.8. The highest BCUT2D eigenvalue weighted by Crippen LogP contribution is 2.80. The molecule has 7 N–H and O–H groups in total. The van der Waals surface area contributed by atoms with Gasteiger partial charge in [0.1, 0.15) is 42.7 Å². The van der Waals surface area contributed by atoms with E-state index >= 15 is 0 Å². The predicted molar refractivity (Wildman–Crippen MR) is 200 cm³/mol. The summed E-state index contributed by atoms with van der Waals surface area (Å²) in [6.07, 6.45) is -1.24. The fraction of sp³-hybridized carbons (Fsp3) is 0.953. The summed E-state index contributed by atoms with van der Waals surface area (Å²) in [6.45, 7) is 18.8. The first-order valence-electron chi connectivity index (χ1n) is 21.3. The van der Waals surface area contributed by atoms with Gasteiger partial charge in [0, 0.05) is 22.2 Å². The van der Waals surface area contributed by atoms with Crippen molar-refractivity contribution in [2.45, 2.75) is 180 Å². The van der Waals surface area contributed by atoms with E-state index in [4.69, 9.17) is 23.7 Å². The number of hydrogen-bond donors (Lipinski definition) is 7. The molecule has 4 saturated carbocycles. The molecule has 0 radical (unpaired) electrons. The second kappa shape index (κ2) is 13.4. The number of ether oxygens (including phenoxy) is 5. The molecule has 1 spiro atoms. The van der Waals surface area contributed by atoms with E-state index < -0.39 is 79.5 Å². The van der Waals surface area contributed by atoms with E-state index in [2.05, 4.69) is 60.6 Å². The lowest BCUT2D eigenvalue weighted by Crippen LogP contribution is -2.72. The largest absolute Gasteiger partial charge is 0.396 e. The molecule has 314 valence electrons. The van der Waals surface area contributed by atoms with E-state index in [9.17, 15) is 35.7 Å². The molecule has 5 aliphatic carbocycles. The van der Waals surface area contributed by atoms with Gasteiger partial charge < -0.3 is 59.4 Å². The predicted octanol–water partition coefficient (Wildman–Crippen LogP) is 3.05. The molecule has 55 heavy (non-hydrogen) atoms. The minimum atomic E-state index is -1.71. The molecule has 0 amide bonds. The Labute approximate surface area is 326 Å². The molecule has 3 heterocycles. The minimum Gasteiger partial charge on any atom is -0.396 e. The topological polar surface area (TPSA) is 188 Å². The molecule has 3 aliphatic heterocycles. The normalized spacial score (nSPS) is 59.7. The molecular formula is C43H70O12. The number of aliphatic hydroxyl groups excluding tert-OH is 7. The highest BCUT2D eigenvalue weighted by atomic mass is 16.7. The summed E-state index contributed by atoms with van der Waals surface area (Å²) in [4.78, 5) is 0. The van der Waals surface area contributed by atoms with Crippen LogP contribution in [0.15, 0.2) is 12.2 Å². The zero-order valence-electron chi connectivity index (χ0n) is 34.3. The maximum absolute atomic E-state index is 11.6. The van der Waals surface area contributed by atoms with Crippen LogP contribution in [0.1, 0.15) is 107 Å². The third-order valence-electron chi connectivity index (χ3n) is 18.4. The third kappa shape index (κ3) is 5.45. The summed E-state index contributed by atoms with van der Waals surface area (Å²) < 4.78 is 31.5. The first kappa shape index (κ1) is 41.0. The van der Waals surface area contributed by atoms with E-state index in [0.29, 0.717) is 23.7 Å². The molecule has 3 saturated heterocycles. The number of fused-ring (bicyclic) bond motifs is 4. The molecule has 8 aliphatic rings. The SMILES string of the molecule is C[C@@H]1C[C@]2(C)[C@@]3(C=C[C@@H]4[C@@]5(C)CC[C@H](O[C@@H]6O[C@H](C)[C@H](O)[C@H](O[C@@H]7O[C@H](CO)[C@@H](O)[C@H](O)[C@H]7O)[C@H]6O)[C@@](C)(CO)[C@@H]5CC[C@]42C)OC[C@@]12CCC(C)(C)C[C@H]23. The smallest absolute Gasteiger partial charge is 0.187 e. The van der Waals surface area contributed by atoms with Gasteiger partial charge in [-0.15, -0.1) is 0 Å². The molecule has 21 atom stereocenters. The van der Waals surface area contributed by atoms with Crippen molar-refractivity contribution in [3.63, 3.8) is 0 Å². The van der Waals surface area contributed by atoms with E-state index in [0.717, 1.165) is 32.3 Å². The molecule has 0 aromatic carbocycles. The zero-order chi connectivity index (χ0) is 39.9. The molecule has 12 nitrogen and oxygen atoms in total. The Morgan fingerprint density at radius 3 is 2.13 bits per heavy atom. The Balaban J connectivity index is 1.05. The molecule has 2 bridgehead atoms. The summed E-state index contributed by atoms with van der Waals surface area (Å²) in [5.41, 5.74) is -0.643. The lowest BCUT2D eigenvalue weighted by Gasteiger charge is -2.73. The van der Waals surface area contributed by atoms with Crippen molar-refractivity contribution in [3.8, 4) is 0 Å². The van der Waals surface area contributed by atoms with E-state index in [1.54, 1.807) is 6.92 Å². The standard InChI is InChI=1S/C43H70O12/c1-22-17-41(8)40(7)13-9-25-38(5,26(40)10-14-43(41)27-18-37(3,4)15-16-42(22,27)21-51-43)12-11-28(39(25,6)20-45)54-36-33(50)34(29(46)23(2)52-36)55-35-32(49)31(48)30(47)24(19-44)53-35/h10,14,22-36,44-50H,9,11-13,15-21H2,1-8H3/t22-,23-,24-,25-,26-,27-,28+,29+,30-,31+,32-,33-,34+,35+,36+,38+,39+,40-,41+,42+,43+/m1/s1. The van der Waals surface area contributed by atoms with Crippen LogP contribution in [0.3, 0.4) is 0 Å². The minimum absolute atomic E-state index is 0.0212. The Morgan fingerprint density at radius 2 is 1.44 bits per heavy atom. The second-order valence-corrected chi connectivity index (χ2v) is 21.3. The van der Waals surface area contributed by atoms with Crippen LogP contribution in [0.25, 0.3) is 0 Å². The van der Waals surface area contributed by atoms with Gasteiger partial charge in [0.15, 0.2) is 12.6 Å². The summed E-state index contributed by atoms with van der Waals surface area (Å²) in [6, 6.07) is 0. The van der Waals surface area contributed by atoms with Crippen LogP contribution < -0.4 is 0 Å². The van der Waals surface area contributed by atoms with Crippen molar-refractivity contribution in [3.05, 3.63) is 12.2 Å². The van der Waals surface area contributed by atoms with Crippen molar-refractivity contribution in [2.24, 2.45) is 56.2 Å². The third-order valence-corrected chi connectivity index (χ3v) is 18.4. The average molecular weight is 779 g/mol. The number of hydrogen-bond acceptors (Lipinski definition) is 12. The zero-order valence-corrected chi connectivity index (χ0v) is 34.3. The van der Waals surface area contributed by atoms with Crippen molar-refractivity contribution in [1.82, 2.24) is 0 Å². The molecule has 8 rings (SSSR count). The molecule has 7 fully saturated rings. The summed E-state index contributed by atoms with van der Waals surface area (Å²) in [5, 5.41) is 75.0. The quantitative estimate of drug-likeness (QED) is 0.155. The van der Waals surface area contributed by atoms with Gasteiger partial charge in [0.2, 0.25) is 0 Å². The van der Waals surface area contributed by atoms with Gasteiger partial charge in [-0.25, -0.2) is 0 Å². The average Bonchev–Trinajstić information content (AvgIpc) is 3.41. The summed E-state index contributed by atoms with van der Waals surface area (Å²) in [5.74, 6) is 1.45. The highest BCUT2D eigenvalue weighted by molar-refractivity contribution is 5.35. The van der Waals surface area contributed by atoms with Crippen LogP contribution in [-0.2, 0) is 23.7 Å². The highest BCUT2D eigenvalue weighted by Gasteiger charge is 2.78. The fourth-order valence-electron chi connectivity index (χ4n) is 14.8.